The average Bonchev–Trinajstić information content (AvgIpc) is 3.19. The number of carbonyl (C=O) groups excluding carboxylic acids is 1. The molecule has 0 radical (unpaired) electrons. The molecule has 6 nitrogen and oxygen atoms in total. The van der Waals surface area contributed by atoms with Crippen molar-refractivity contribution in [3.05, 3.63) is 65.2 Å². The molecule has 0 atom stereocenters. The first-order valence-corrected chi connectivity index (χ1v) is 10.6. The third-order valence-corrected chi connectivity index (χ3v) is 5.09. The van der Waals surface area contributed by atoms with Gasteiger partial charge in [0.15, 0.2) is 0 Å². The van der Waals surface area contributed by atoms with Crippen molar-refractivity contribution >= 4 is 22.4 Å². The smallest absolute Gasteiger partial charge is 0.226 e. The van der Waals surface area contributed by atoms with Gasteiger partial charge in [0.2, 0.25) is 11.0 Å². The molecule has 0 aliphatic heterocycles. The van der Waals surface area contributed by atoms with Gasteiger partial charge in [-0.05, 0) is 42.7 Å². The van der Waals surface area contributed by atoms with E-state index in [4.69, 9.17) is 9.47 Å². The van der Waals surface area contributed by atoms with Gasteiger partial charge in [0.1, 0.15) is 16.5 Å². The van der Waals surface area contributed by atoms with Gasteiger partial charge in [-0.2, -0.15) is 0 Å². The van der Waals surface area contributed by atoms with E-state index in [0.29, 0.717) is 37.6 Å². The first-order valence-electron chi connectivity index (χ1n) is 9.75. The lowest BCUT2D eigenvalue weighted by Gasteiger charge is -2.05. The molecule has 0 saturated carbocycles. The molecule has 0 unspecified atom stereocenters. The van der Waals surface area contributed by atoms with Crippen LogP contribution in [0, 0.1) is 0 Å². The molecule has 1 amide bonds. The highest BCUT2D eigenvalue weighted by Gasteiger charge is 2.08. The van der Waals surface area contributed by atoms with Crippen LogP contribution >= 0.6 is 11.3 Å². The number of amides is 1. The van der Waals surface area contributed by atoms with Crippen LogP contribution in [0.2, 0.25) is 0 Å². The number of anilines is 1. The van der Waals surface area contributed by atoms with Crippen molar-refractivity contribution in [2.75, 3.05) is 18.5 Å². The first kappa shape index (κ1) is 20.8. The van der Waals surface area contributed by atoms with E-state index < -0.39 is 0 Å². The van der Waals surface area contributed by atoms with Crippen molar-refractivity contribution in [3.63, 3.8) is 0 Å². The van der Waals surface area contributed by atoms with Gasteiger partial charge >= 0.3 is 0 Å². The van der Waals surface area contributed by atoms with Gasteiger partial charge in [0, 0.05) is 12.8 Å². The second-order valence-corrected chi connectivity index (χ2v) is 7.47. The zero-order valence-electron chi connectivity index (χ0n) is 16.5. The molecule has 0 aliphatic rings. The SMILES string of the molecule is CCc1ccc(OCCc2nnc(NC(=O)CCCOc3ccccc3)s2)cc1. The summed E-state index contributed by atoms with van der Waals surface area (Å²) < 4.78 is 11.3. The van der Waals surface area contributed by atoms with E-state index in [2.05, 4.69) is 34.6 Å². The highest BCUT2D eigenvalue weighted by Crippen LogP contribution is 2.18. The van der Waals surface area contributed by atoms with Crippen LogP contribution < -0.4 is 14.8 Å². The number of nitrogens with one attached hydrogen (secondary N) is 1. The lowest BCUT2D eigenvalue weighted by Crippen LogP contribution is -2.12. The molecule has 0 saturated heterocycles. The maximum absolute atomic E-state index is 12.0. The minimum Gasteiger partial charge on any atom is -0.494 e. The summed E-state index contributed by atoms with van der Waals surface area (Å²) in [5, 5.41) is 12.3. The van der Waals surface area contributed by atoms with E-state index in [1.807, 2.05) is 42.5 Å². The third kappa shape index (κ3) is 7.19. The van der Waals surface area contributed by atoms with Crippen LogP contribution in [0.15, 0.2) is 54.6 Å². The zero-order chi connectivity index (χ0) is 20.3. The van der Waals surface area contributed by atoms with E-state index in [1.165, 1.54) is 16.9 Å². The second-order valence-electron chi connectivity index (χ2n) is 6.41. The number of para-hydroxylation sites is 1. The minimum absolute atomic E-state index is 0.0865. The largest absolute Gasteiger partial charge is 0.494 e. The molecule has 1 heterocycles. The number of hydrogen-bond acceptors (Lipinski definition) is 6. The van der Waals surface area contributed by atoms with Crippen molar-refractivity contribution in [2.24, 2.45) is 0 Å². The van der Waals surface area contributed by atoms with Crippen molar-refractivity contribution < 1.29 is 14.3 Å². The predicted molar refractivity (Wildman–Crippen MR) is 115 cm³/mol. The van der Waals surface area contributed by atoms with Gasteiger partial charge in [0.25, 0.3) is 0 Å². The number of aryl methyl sites for hydroxylation is 1. The summed E-state index contributed by atoms with van der Waals surface area (Å²) in [6, 6.07) is 17.7. The Balaban J connectivity index is 1.33. The maximum Gasteiger partial charge on any atom is 0.226 e. The summed E-state index contributed by atoms with van der Waals surface area (Å²) in [6.45, 7) is 3.14. The van der Waals surface area contributed by atoms with Gasteiger partial charge in [0.05, 0.1) is 13.2 Å². The third-order valence-electron chi connectivity index (χ3n) is 4.19. The molecule has 1 N–H and O–H groups in total. The number of aromatic nitrogens is 2. The number of benzene rings is 2. The lowest BCUT2D eigenvalue weighted by molar-refractivity contribution is -0.116. The van der Waals surface area contributed by atoms with Crippen LogP contribution in [-0.4, -0.2) is 29.3 Å². The van der Waals surface area contributed by atoms with E-state index in [-0.39, 0.29) is 5.91 Å². The van der Waals surface area contributed by atoms with Gasteiger partial charge in [-0.1, -0.05) is 48.6 Å². The Morgan fingerprint density at radius 3 is 2.45 bits per heavy atom. The van der Waals surface area contributed by atoms with Crippen molar-refractivity contribution in [3.8, 4) is 11.5 Å². The lowest BCUT2D eigenvalue weighted by atomic mass is 10.2. The standard InChI is InChI=1S/C22H25N3O3S/c1-2-17-10-12-19(13-11-17)28-16-14-21-24-25-22(29-21)23-20(26)9-6-15-27-18-7-4-3-5-8-18/h3-5,7-8,10-13H,2,6,9,14-16H2,1H3,(H,23,25,26). The zero-order valence-corrected chi connectivity index (χ0v) is 17.3. The van der Waals surface area contributed by atoms with E-state index in [1.54, 1.807) is 0 Å². The molecule has 152 valence electrons. The quantitative estimate of drug-likeness (QED) is 0.470. The first-order chi connectivity index (χ1) is 14.2. The van der Waals surface area contributed by atoms with E-state index >= 15 is 0 Å². The van der Waals surface area contributed by atoms with Crippen LogP contribution in [0.1, 0.15) is 30.3 Å². The van der Waals surface area contributed by atoms with Crippen molar-refractivity contribution in [1.82, 2.24) is 10.2 Å². The molecular weight excluding hydrogens is 386 g/mol. The van der Waals surface area contributed by atoms with Gasteiger partial charge < -0.3 is 14.8 Å². The monoisotopic (exact) mass is 411 g/mol. The van der Waals surface area contributed by atoms with Crippen molar-refractivity contribution in [2.45, 2.75) is 32.6 Å². The summed E-state index contributed by atoms with van der Waals surface area (Å²) in [5.41, 5.74) is 1.29. The minimum atomic E-state index is -0.0865. The molecule has 29 heavy (non-hydrogen) atoms. The Bertz CT molecular complexity index is 882. The number of rotatable bonds is 11. The average molecular weight is 412 g/mol. The molecule has 3 aromatic rings. The summed E-state index contributed by atoms with van der Waals surface area (Å²) in [5.74, 6) is 1.57. The van der Waals surface area contributed by atoms with Crippen molar-refractivity contribution in [1.29, 1.82) is 0 Å². The highest BCUT2D eigenvalue weighted by atomic mass is 32.1. The van der Waals surface area contributed by atoms with Crippen LogP contribution in [0.25, 0.3) is 0 Å². The topological polar surface area (TPSA) is 73.3 Å². The van der Waals surface area contributed by atoms with Crippen LogP contribution in [0.5, 0.6) is 11.5 Å². The number of hydrogen-bond donors (Lipinski definition) is 1. The second kappa shape index (κ2) is 11.2. The molecule has 0 aliphatic carbocycles. The summed E-state index contributed by atoms with van der Waals surface area (Å²) >= 11 is 1.37. The number of nitrogens with zero attached hydrogens (tertiary/aromatic N) is 2. The molecular formula is C22H25N3O3S. The fourth-order valence-corrected chi connectivity index (χ4v) is 3.34. The Hall–Kier alpha value is -2.93. The molecule has 7 heteroatoms. The van der Waals surface area contributed by atoms with Crippen LogP contribution in [-0.2, 0) is 17.6 Å². The van der Waals surface area contributed by atoms with Crippen LogP contribution in [0.3, 0.4) is 0 Å². The molecule has 2 aromatic carbocycles. The Morgan fingerprint density at radius 1 is 0.966 bits per heavy atom. The predicted octanol–water partition coefficient (Wildman–Crippen LogP) is 4.52. The fraction of sp³-hybridized carbons (Fsp3) is 0.318. The Morgan fingerprint density at radius 2 is 1.69 bits per heavy atom. The summed E-state index contributed by atoms with van der Waals surface area (Å²) in [4.78, 5) is 12.0. The normalized spacial score (nSPS) is 10.5. The van der Waals surface area contributed by atoms with E-state index in [9.17, 15) is 4.79 Å². The molecule has 3 rings (SSSR count). The number of ether oxygens (including phenoxy) is 2. The maximum atomic E-state index is 12.0. The summed E-state index contributed by atoms with van der Waals surface area (Å²) in [7, 11) is 0. The summed E-state index contributed by atoms with van der Waals surface area (Å²) in [6.07, 6.45) is 2.67. The molecule has 0 fully saturated rings. The number of carbonyl (C=O) groups is 1. The van der Waals surface area contributed by atoms with Gasteiger partial charge in [-0.25, -0.2) is 0 Å². The van der Waals surface area contributed by atoms with Crippen LogP contribution in [0.4, 0.5) is 5.13 Å². The molecule has 0 spiro atoms. The fourth-order valence-electron chi connectivity index (χ4n) is 2.60. The molecule has 0 bridgehead atoms. The van der Waals surface area contributed by atoms with Gasteiger partial charge in [-0.3, -0.25) is 4.79 Å². The highest BCUT2D eigenvalue weighted by molar-refractivity contribution is 7.15. The van der Waals surface area contributed by atoms with Gasteiger partial charge in [-0.15, -0.1) is 10.2 Å². The Labute approximate surface area is 174 Å². The molecule has 1 aromatic heterocycles. The van der Waals surface area contributed by atoms with E-state index in [0.717, 1.165) is 22.9 Å². The Kier molecular flexibility index (Phi) is 8.01.